The lowest BCUT2D eigenvalue weighted by Crippen LogP contribution is -2.08. The van der Waals surface area contributed by atoms with Gasteiger partial charge in [0.1, 0.15) is 0 Å². The van der Waals surface area contributed by atoms with Crippen molar-refractivity contribution < 1.29 is 0 Å². The van der Waals surface area contributed by atoms with Crippen LogP contribution in [-0.2, 0) is 0 Å². The Morgan fingerprint density at radius 3 is 2.53 bits per heavy atom. The summed E-state index contributed by atoms with van der Waals surface area (Å²) in [5.74, 6) is 0. The fourth-order valence-electron chi connectivity index (χ4n) is 2.03. The second-order valence-electron chi connectivity index (χ2n) is 4.35. The van der Waals surface area contributed by atoms with Crippen molar-refractivity contribution in [2.75, 3.05) is 11.1 Å². The molecule has 0 aromatic heterocycles. The van der Waals surface area contributed by atoms with Crippen molar-refractivity contribution in [3.8, 4) is 0 Å². The maximum atomic E-state index is 5.76. The first-order valence-electron chi connectivity index (χ1n) is 5.84. The smallest absolute Gasteiger partial charge is 0.0488 e. The quantitative estimate of drug-likeness (QED) is 0.782. The monoisotopic (exact) mass is 226 g/mol. The zero-order valence-corrected chi connectivity index (χ0v) is 10.3. The fourth-order valence-corrected chi connectivity index (χ4v) is 2.03. The van der Waals surface area contributed by atoms with E-state index in [0.29, 0.717) is 0 Å². The van der Waals surface area contributed by atoms with Gasteiger partial charge in [0.05, 0.1) is 0 Å². The molecule has 17 heavy (non-hydrogen) atoms. The molecule has 0 saturated heterocycles. The second-order valence-corrected chi connectivity index (χ2v) is 4.35. The standard InChI is InChI=1S/C15H18N2/c1-11-6-3-4-9-15(11)12(2)17-14-8-5-7-13(16)10-14/h3-10,12,17H,16H2,1-2H3. The Bertz CT molecular complexity index is 506. The summed E-state index contributed by atoms with van der Waals surface area (Å²) in [6.07, 6.45) is 0. The molecule has 2 heteroatoms. The van der Waals surface area contributed by atoms with Crippen molar-refractivity contribution in [1.29, 1.82) is 0 Å². The molecular weight excluding hydrogens is 208 g/mol. The Morgan fingerprint density at radius 2 is 1.82 bits per heavy atom. The van der Waals surface area contributed by atoms with E-state index in [9.17, 15) is 0 Å². The number of hydrogen-bond donors (Lipinski definition) is 2. The summed E-state index contributed by atoms with van der Waals surface area (Å²) >= 11 is 0. The van der Waals surface area contributed by atoms with Crippen molar-refractivity contribution in [2.45, 2.75) is 19.9 Å². The average molecular weight is 226 g/mol. The highest BCUT2D eigenvalue weighted by molar-refractivity contribution is 5.55. The summed E-state index contributed by atoms with van der Waals surface area (Å²) in [5, 5.41) is 3.46. The SMILES string of the molecule is Cc1ccccc1C(C)Nc1cccc(N)c1. The van der Waals surface area contributed by atoms with Crippen molar-refractivity contribution in [3.05, 3.63) is 59.7 Å². The van der Waals surface area contributed by atoms with Gasteiger partial charge in [-0.25, -0.2) is 0 Å². The van der Waals surface area contributed by atoms with Gasteiger partial charge in [0.2, 0.25) is 0 Å². The second kappa shape index (κ2) is 4.91. The van der Waals surface area contributed by atoms with Gasteiger partial charge in [-0.3, -0.25) is 0 Å². The summed E-state index contributed by atoms with van der Waals surface area (Å²) in [6.45, 7) is 4.29. The molecule has 3 N–H and O–H groups in total. The molecule has 88 valence electrons. The highest BCUT2D eigenvalue weighted by Crippen LogP contribution is 2.22. The zero-order valence-electron chi connectivity index (χ0n) is 10.3. The predicted molar refractivity (Wildman–Crippen MR) is 74.1 cm³/mol. The van der Waals surface area contributed by atoms with Crippen LogP contribution >= 0.6 is 0 Å². The van der Waals surface area contributed by atoms with Gasteiger partial charge in [-0.15, -0.1) is 0 Å². The number of aryl methyl sites for hydroxylation is 1. The Hall–Kier alpha value is -1.96. The molecule has 1 unspecified atom stereocenters. The molecule has 0 heterocycles. The molecule has 2 aromatic rings. The van der Waals surface area contributed by atoms with E-state index in [-0.39, 0.29) is 6.04 Å². The average Bonchev–Trinajstić information content (AvgIpc) is 2.29. The summed E-state index contributed by atoms with van der Waals surface area (Å²) in [7, 11) is 0. The number of nitrogens with one attached hydrogen (secondary N) is 1. The van der Waals surface area contributed by atoms with E-state index in [0.717, 1.165) is 11.4 Å². The lowest BCUT2D eigenvalue weighted by molar-refractivity contribution is 0.874. The Morgan fingerprint density at radius 1 is 1.06 bits per heavy atom. The molecule has 0 spiro atoms. The van der Waals surface area contributed by atoms with Crippen molar-refractivity contribution in [1.82, 2.24) is 0 Å². The first-order chi connectivity index (χ1) is 8.16. The van der Waals surface area contributed by atoms with E-state index in [4.69, 9.17) is 5.73 Å². The van der Waals surface area contributed by atoms with E-state index in [1.807, 2.05) is 24.3 Å². The van der Waals surface area contributed by atoms with Gasteiger partial charge >= 0.3 is 0 Å². The van der Waals surface area contributed by atoms with Crippen molar-refractivity contribution >= 4 is 11.4 Å². The molecule has 0 aliphatic carbocycles. The minimum absolute atomic E-state index is 0.276. The Balaban J connectivity index is 2.17. The first-order valence-corrected chi connectivity index (χ1v) is 5.84. The lowest BCUT2D eigenvalue weighted by atomic mass is 10.0. The number of benzene rings is 2. The van der Waals surface area contributed by atoms with Crippen LogP contribution in [0.5, 0.6) is 0 Å². The van der Waals surface area contributed by atoms with Crippen LogP contribution in [0.3, 0.4) is 0 Å². The van der Waals surface area contributed by atoms with Crippen LogP contribution < -0.4 is 11.1 Å². The van der Waals surface area contributed by atoms with Gasteiger partial charge in [-0.2, -0.15) is 0 Å². The summed E-state index contributed by atoms with van der Waals surface area (Å²) in [4.78, 5) is 0. The van der Waals surface area contributed by atoms with Crippen LogP contribution in [0.25, 0.3) is 0 Å². The fraction of sp³-hybridized carbons (Fsp3) is 0.200. The van der Waals surface area contributed by atoms with E-state index >= 15 is 0 Å². The number of rotatable bonds is 3. The van der Waals surface area contributed by atoms with Gasteiger partial charge in [0, 0.05) is 17.4 Å². The van der Waals surface area contributed by atoms with Crippen LogP contribution in [-0.4, -0.2) is 0 Å². The molecule has 0 radical (unpaired) electrons. The third-order valence-corrected chi connectivity index (χ3v) is 2.92. The van der Waals surface area contributed by atoms with E-state index < -0.39 is 0 Å². The van der Waals surface area contributed by atoms with E-state index in [1.165, 1.54) is 11.1 Å². The molecule has 0 aliphatic rings. The molecule has 0 fully saturated rings. The van der Waals surface area contributed by atoms with Gasteiger partial charge in [0.15, 0.2) is 0 Å². The summed E-state index contributed by atoms with van der Waals surface area (Å²) in [5.41, 5.74) is 10.2. The number of nitrogens with two attached hydrogens (primary N) is 1. The molecule has 2 nitrogen and oxygen atoms in total. The number of nitrogen functional groups attached to an aromatic ring is 1. The Kier molecular flexibility index (Phi) is 3.33. The maximum Gasteiger partial charge on any atom is 0.0488 e. The van der Waals surface area contributed by atoms with Gasteiger partial charge < -0.3 is 11.1 Å². The van der Waals surface area contributed by atoms with Gasteiger partial charge in [-0.05, 0) is 43.2 Å². The third-order valence-electron chi connectivity index (χ3n) is 2.92. The molecule has 0 amide bonds. The molecule has 2 rings (SSSR count). The molecule has 2 aromatic carbocycles. The summed E-state index contributed by atoms with van der Waals surface area (Å²) < 4.78 is 0. The molecule has 1 atom stereocenters. The highest BCUT2D eigenvalue weighted by atomic mass is 14.9. The topological polar surface area (TPSA) is 38.0 Å². The predicted octanol–water partition coefficient (Wildman–Crippen LogP) is 3.75. The van der Waals surface area contributed by atoms with Crippen molar-refractivity contribution in [2.24, 2.45) is 0 Å². The largest absolute Gasteiger partial charge is 0.399 e. The van der Waals surface area contributed by atoms with Gasteiger partial charge in [0.25, 0.3) is 0 Å². The molecule has 0 saturated carbocycles. The number of anilines is 2. The molecule has 0 bridgehead atoms. The molecular formula is C15H18N2. The minimum Gasteiger partial charge on any atom is -0.399 e. The zero-order chi connectivity index (χ0) is 12.3. The third kappa shape index (κ3) is 2.78. The van der Waals surface area contributed by atoms with Crippen molar-refractivity contribution in [3.63, 3.8) is 0 Å². The molecule has 0 aliphatic heterocycles. The van der Waals surface area contributed by atoms with E-state index in [1.54, 1.807) is 0 Å². The van der Waals surface area contributed by atoms with Crippen LogP contribution in [0.2, 0.25) is 0 Å². The van der Waals surface area contributed by atoms with Crippen LogP contribution in [0.1, 0.15) is 24.1 Å². The van der Waals surface area contributed by atoms with Crippen LogP contribution in [0.4, 0.5) is 11.4 Å². The van der Waals surface area contributed by atoms with Gasteiger partial charge in [-0.1, -0.05) is 30.3 Å². The minimum atomic E-state index is 0.276. The first kappa shape index (κ1) is 11.5. The van der Waals surface area contributed by atoms with E-state index in [2.05, 4.69) is 43.4 Å². The summed E-state index contributed by atoms with van der Waals surface area (Å²) in [6, 6.07) is 16.5. The highest BCUT2D eigenvalue weighted by Gasteiger charge is 2.07. The normalized spacial score (nSPS) is 12.1. The lowest BCUT2D eigenvalue weighted by Gasteiger charge is -2.18. The number of hydrogen-bond acceptors (Lipinski definition) is 2. The Labute approximate surface area is 102 Å². The van der Waals surface area contributed by atoms with Crippen LogP contribution in [0, 0.1) is 6.92 Å². The van der Waals surface area contributed by atoms with Crippen LogP contribution in [0.15, 0.2) is 48.5 Å². The maximum absolute atomic E-state index is 5.76.